The van der Waals surface area contributed by atoms with E-state index in [2.05, 4.69) is 10.1 Å². The summed E-state index contributed by atoms with van der Waals surface area (Å²) in [5.41, 5.74) is 1.40. The molecule has 0 atom stereocenters. The molecule has 2 aromatic heterocycles. The number of halogens is 4. The van der Waals surface area contributed by atoms with Crippen molar-refractivity contribution in [2.75, 3.05) is 0 Å². The minimum atomic E-state index is -4.52. The second kappa shape index (κ2) is 6.50. The number of nitrogens with zero attached hydrogens (tertiary/aromatic N) is 3. The minimum Gasteiger partial charge on any atom is -0.254 e. The Labute approximate surface area is 151 Å². The van der Waals surface area contributed by atoms with Gasteiger partial charge in [0.25, 0.3) is 0 Å². The number of pyridine rings is 1. The molecule has 2 heterocycles. The molecular formula is C20H12F4N3. The molecule has 0 unspecified atom stereocenters. The largest absolute Gasteiger partial charge is 0.433 e. The van der Waals surface area contributed by atoms with Crippen LogP contribution in [0.3, 0.4) is 0 Å². The smallest absolute Gasteiger partial charge is 0.254 e. The topological polar surface area (TPSA) is 30.7 Å². The maximum absolute atomic E-state index is 13.2. The highest BCUT2D eigenvalue weighted by molar-refractivity contribution is 5.93. The minimum absolute atomic E-state index is 0.316. The van der Waals surface area contributed by atoms with Crippen LogP contribution in [0.2, 0.25) is 0 Å². The molecule has 2 aromatic carbocycles. The number of aromatic nitrogens is 3. The summed E-state index contributed by atoms with van der Waals surface area (Å²) in [6, 6.07) is 15.7. The number of rotatable bonds is 3. The zero-order valence-corrected chi connectivity index (χ0v) is 13.8. The average Bonchev–Trinajstić information content (AvgIpc) is 3.01. The summed E-state index contributed by atoms with van der Waals surface area (Å²) in [7, 11) is 0. The summed E-state index contributed by atoms with van der Waals surface area (Å²) in [6.45, 7) is 1.51. The third-order valence-corrected chi connectivity index (χ3v) is 4.08. The van der Waals surface area contributed by atoms with E-state index in [0.29, 0.717) is 16.8 Å². The Morgan fingerprint density at radius 1 is 0.926 bits per heavy atom. The predicted octanol–water partition coefficient (Wildman–Crippen LogP) is 5.31. The molecule has 4 aromatic rings. The monoisotopic (exact) mass is 370 g/mol. The van der Waals surface area contributed by atoms with Crippen LogP contribution < -0.4 is 0 Å². The lowest BCUT2D eigenvalue weighted by atomic mass is 10.1. The Hall–Kier alpha value is -3.22. The van der Waals surface area contributed by atoms with Crippen LogP contribution in [-0.2, 0) is 6.18 Å². The van der Waals surface area contributed by atoms with Crippen molar-refractivity contribution in [3.63, 3.8) is 0 Å². The molecule has 0 aliphatic heterocycles. The van der Waals surface area contributed by atoms with Gasteiger partial charge in [-0.3, -0.25) is 9.67 Å². The van der Waals surface area contributed by atoms with Crippen LogP contribution in [0.15, 0.2) is 66.9 Å². The van der Waals surface area contributed by atoms with E-state index in [9.17, 15) is 17.6 Å². The van der Waals surface area contributed by atoms with Crippen LogP contribution in [0.4, 0.5) is 17.6 Å². The van der Waals surface area contributed by atoms with E-state index in [-0.39, 0.29) is 5.82 Å². The SMILES string of the molecule is Fc1ccc(-c2nn([CH]c3ccnc(C(F)(F)F)c3)c3ccccc23)cc1. The van der Waals surface area contributed by atoms with Crippen molar-refractivity contribution >= 4 is 10.9 Å². The molecule has 3 nitrogen and oxygen atoms in total. The van der Waals surface area contributed by atoms with Crippen LogP contribution in [-0.4, -0.2) is 14.8 Å². The van der Waals surface area contributed by atoms with Crippen LogP contribution in [0.5, 0.6) is 0 Å². The van der Waals surface area contributed by atoms with Gasteiger partial charge in [0, 0.05) is 17.1 Å². The van der Waals surface area contributed by atoms with E-state index in [0.717, 1.165) is 23.2 Å². The fraction of sp³-hybridized carbons (Fsp3) is 0.0500. The second-order valence-electron chi connectivity index (χ2n) is 5.92. The molecule has 0 saturated heterocycles. The summed E-state index contributed by atoms with van der Waals surface area (Å²) in [5.74, 6) is -0.356. The van der Waals surface area contributed by atoms with Crippen molar-refractivity contribution in [2.45, 2.75) is 6.18 Å². The first kappa shape index (κ1) is 17.2. The van der Waals surface area contributed by atoms with E-state index < -0.39 is 11.9 Å². The molecule has 7 heteroatoms. The van der Waals surface area contributed by atoms with E-state index in [1.54, 1.807) is 12.1 Å². The van der Waals surface area contributed by atoms with Gasteiger partial charge in [-0.05, 0) is 48.0 Å². The van der Waals surface area contributed by atoms with Gasteiger partial charge in [-0.15, -0.1) is 0 Å². The van der Waals surface area contributed by atoms with Crippen molar-refractivity contribution in [3.8, 4) is 11.3 Å². The molecule has 0 fully saturated rings. The van der Waals surface area contributed by atoms with Gasteiger partial charge in [-0.1, -0.05) is 18.2 Å². The highest BCUT2D eigenvalue weighted by atomic mass is 19.4. The summed E-state index contributed by atoms with van der Waals surface area (Å²) in [4.78, 5) is 3.37. The molecule has 0 saturated carbocycles. The predicted molar refractivity (Wildman–Crippen MR) is 93.2 cm³/mol. The molecule has 0 N–H and O–H groups in total. The summed E-state index contributed by atoms with van der Waals surface area (Å²) < 4.78 is 53.4. The lowest BCUT2D eigenvalue weighted by molar-refractivity contribution is -0.141. The molecule has 0 aliphatic carbocycles. The number of hydrogen-bond donors (Lipinski definition) is 0. The van der Waals surface area contributed by atoms with Gasteiger partial charge < -0.3 is 0 Å². The molecule has 1 radical (unpaired) electrons. The highest BCUT2D eigenvalue weighted by Crippen LogP contribution is 2.30. The van der Waals surface area contributed by atoms with Gasteiger partial charge in [0.05, 0.1) is 5.52 Å². The fourth-order valence-electron chi connectivity index (χ4n) is 2.83. The van der Waals surface area contributed by atoms with Crippen LogP contribution in [0.1, 0.15) is 11.3 Å². The van der Waals surface area contributed by atoms with Gasteiger partial charge in [0.15, 0.2) is 0 Å². The first-order valence-electron chi connectivity index (χ1n) is 8.03. The van der Waals surface area contributed by atoms with E-state index >= 15 is 0 Å². The molecule has 135 valence electrons. The quantitative estimate of drug-likeness (QED) is 0.457. The number of para-hydroxylation sites is 1. The van der Waals surface area contributed by atoms with Gasteiger partial charge in [-0.2, -0.15) is 18.3 Å². The summed E-state index contributed by atoms with van der Waals surface area (Å²) in [6.07, 6.45) is -3.41. The molecule has 0 bridgehead atoms. The second-order valence-corrected chi connectivity index (χ2v) is 5.92. The third-order valence-electron chi connectivity index (χ3n) is 4.08. The van der Waals surface area contributed by atoms with Crippen LogP contribution in [0, 0.1) is 12.4 Å². The highest BCUT2D eigenvalue weighted by Gasteiger charge is 2.32. The van der Waals surface area contributed by atoms with Gasteiger partial charge in [0.1, 0.15) is 23.7 Å². The number of benzene rings is 2. The van der Waals surface area contributed by atoms with Gasteiger partial charge >= 0.3 is 6.18 Å². The van der Waals surface area contributed by atoms with E-state index in [1.165, 1.54) is 29.4 Å². The number of alkyl halides is 3. The molecule has 4 rings (SSSR count). The fourth-order valence-corrected chi connectivity index (χ4v) is 2.83. The molecule has 0 aliphatic rings. The average molecular weight is 370 g/mol. The lowest BCUT2D eigenvalue weighted by Gasteiger charge is -2.08. The Bertz CT molecular complexity index is 1100. The number of hydrogen-bond acceptors (Lipinski definition) is 2. The van der Waals surface area contributed by atoms with E-state index in [1.807, 2.05) is 24.3 Å². The molecular weight excluding hydrogens is 358 g/mol. The normalized spacial score (nSPS) is 11.9. The Kier molecular flexibility index (Phi) is 4.14. The van der Waals surface area contributed by atoms with Crippen molar-refractivity contribution in [3.05, 3.63) is 90.5 Å². The summed E-state index contributed by atoms with van der Waals surface area (Å²) in [5, 5.41) is 5.32. The number of fused-ring (bicyclic) bond motifs is 1. The van der Waals surface area contributed by atoms with Crippen molar-refractivity contribution < 1.29 is 17.6 Å². The maximum Gasteiger partial charge on any atom is 0.433 e. The van der Waals surface area contributed by atoms with Gasteiger partial charge in [-0.25, -0.2) is 4.39 Å². The summed E-state index contributed by atoms with van der Waals surface area (Å²) >= 11 is 0. The Balaban J connectivity index is 1.78. The van der Waals surface area contributed by atoms with Crippen LogP contribution in [0.25, 0.3) is 22.2 Å². The Morgan fingerprint density at radius 2 is 1.67 bits per heavy atom. The van der Waals surface area contributed by atoms with Crippen molar-refractivity contribution in [1.29, 1.82) is 0 Å². The first-order chi connectivity index (χ1) is 12.9. The molecule has 0 amide bonds. The maximum atomic E-state index is 13.2. The molecule has 0 spiro atoms. The Morgan fingerprint density at radius 3 is 2.41 bits per heavy atom. The molecule has 27 heavy (non-hydrogen) atoms. The van der Waals surface area contributed by atoms with E-state index in [4.69, 9.17) is 0 Å². The van der Waals surface area contributed by atoms with Crippen molar-refractivity contribution in [1.82, 2.24) is 14.8 Å². The third kappa shape index (κ3) is 3.40. The standard InChI is InChI=1S/C20H12F4N3/c21-15-7-5-14(6-8-15)19-16-3-1-2-4-17(16)27(26-19)12-13-9-10-25-18(11-13)20(22,23)24/h1-12H. The van der Waals surface area contributed by atoms with Crippen LogP contribution >= 0.6 is 0 Å². The van der Waals surface area contributed by atoms with Crippen molar-refractivity contribution in [2.24, 2.45) is 0 Å². The zero-order valence-electron chi connectivity index (χ0n) is 13.8. The lowest BCUT2D eigenvalue weighted by Crippen LogP contribution is -2.09. The zero-order chi connectivity index (χ0) is 19.0. The first-order valence-corrected chi connectivity index (χ1v) is 8.03. The van der Waals surface area contributed by atoms with Gasteiger partial charge in [0.2, 0.25) is 0 Å².